The highest BCUT2D eigenvalue weighted by atomic mass is 79.9. The molecule has 134 valence electrons. The topological polar surface area (TPSA) is 67.8 Å². The summed E-state index contributed by atoms with van der Waals surface area (Å²) in [6.45, 7) is 5.26. The minimum Gasteiger partial charge on any atom is -0.297 e. The zero-order valence-electron chi connectivity index (χ0n) is 13.8. The molecule has 0 aromatic heterocycles. The Hall–Kier alpha value is -1.37. The lowest BCUT2D eigenvalue weighted by Crippen LogP contribution is -2.52. The van der Waals surface area contributed by atoms with E-state index in [2.05, 4.69) is 26.4 Å². The highest BCUT2D eigenvalue weighted by Gasteiger charge is 2.50. The average molecular weight is 448 g/mol. The summed E-state index contributed by atoms with van der Waals surface area (Å²) < 4.78 is 0.886. The van der Waals surface area contributed by atoms with E-state index < -0.39 is 16.3 Å². The number of alkyl halides is 2. The number of halogens is 3. The summed E-state index contributed by atoms with van der Waals surface area (Å²) >= 11 is 16.2. The first-order valence-corrected chi connectivity index (χ1v) is 9.14. The Morgan fingerprint density at radius 2 is 1.96 bits per heavy atom. The van der Waals surface area contributed by atoms with Crippen molar-refractivity contribution in [1.82, 2.24) is 0 Å². The molecule has 1 N–H and O–H groups in total. The predicted octanol–water partition coefficient (Wildman–Crippen LogP) is 5.12. The number of oxime groups is 1. The van der Waals surface area contributed by atoms with E-state index in [0.29, 0.717) is 11.3 Å². The van der Waals surface area contributed by atoms with Crippen molar-refractivity contribution in [2.45, 2.75) is 31.0 Å². The van der Waals surface area contributed by atoms with Crippen molar-refractivity contribution in [2.75, 3.05) is 5.32 Å². The molecular weight excluding hydrogens is 431 g/mol. The molecular formula is C17H17BrCl2N2O3. The van der Waals surface area contributed by atoms with E-state index in [0.717, 1.165) is 4.47 Å². The minimum absolute atomic E-state index is 0.227. The SMILES string of the molecule is CC1=CC(=O)[C@](Cl)(C(C)C)[C@H](Cl)/C1=N\OC(=O)Nc1ccc(Br)cc1. The molecule has 1 aromatic carbocycles. The molecule has 1 aliphatic rings. The van der Waals surface area contributed by atoms with Crippen LogP contribution in [0.1, 0.15) is 20.8 Å². The van der Waals surface area contributed by atoms with Gasteiger partial charge in [0.05, 0.1) is 0 Å². The first kappa shape index (κ1) is 19.9. The second-order valence-corrected chi connectivity index (χ2v) is 7.94. The van der Waals surface area contributed by atoms with Gasteiger partial charge in [-0.05, 0) is 48.8 Å². The number of hydrogen-bond donors (Lipinski definition) is 1. The first-order valence-electron chi connectivity index (χ1n) is 7.53. The van der Waals surface area contributed by atoms with Crippen LogP contribution in [0.5, 0.6) is 0 Å². The highest BCUT2D eigenvalue weighted by Crippen LogP contribution is 2.39. The second-order valence-electron chi connectivity index (χ2n) is 5.96. The smallest absolute Gasteiger partial charge is 0.297 e. The van der Waals surface area contributed by atoms with Crippen molar-refractivity contribution in [3.63, 3.8) is 0 Å². The number of benzene rings is 1. The molecule has 0 radical (unpaired) electrons. The second kappa shape index (κ2) is 7.89. The van der Waals surface area contributed by atoms with E-state index >= 15 is 0 Å². The maximum Gasteiger partial charge on any atom is 0.437 e. The largest absolute Gasteiger partial charge is 0.437 e. The van der Waals surface area contributed by atoms with Crippen LogP contribution in [0.2, 0.25) is 0 Å². The van der Waals surface area contributed by atoms with Crippen LogP contribution in [-0.2, 0) is 9.63 Å². The molecule has 0 fully saturated rings. The first-order chi connectivity index (χ1) is 11.7. The Kier molecular flexibility index (Phi) is 6.30. The molecule has 0 saturated heterocycles. The van der Waals surface area contributed by atoms with Gasteiger partial charge in [-0.15, -0.1) is 23.2 Å². The Morgan fingerprint density at radius 1 is 1.36 bits per heavy atom. The summed E-state index contributed by atoms with van der Waals surface area (Å²) in [7, 11) is 0. The van der Waals surface area contributed by atoms with Gasteiger partial charge in [0, 0.05) is 10.2 Å². The van der Waals surface area contributed by atoms with Crippen molar-refractivity contribution in [1.29, 1.82) is 0 Å². The number of nitrogens with one attached hydrogen (secondary N) is 1. The molecule has 0 bridgehead atoms. The minimum atomic E-state index is -1.33. The number of anilines is 1. The number of nitrogens with zero attached hydrogens (tertiary/aromatic N) is 1. The maximum absolute atomic E-state index is 12.3. The Labute approximate surface area is 164 Å². The van der Waals surface area contributed by atoms with Crippen molar-refractivity contribution in [3.8, 4) is 0 Å². The van der Waals surface area contributed by atoms with Crippen molar-refractivity contribution < 1.29 is 14.4 Å². The molecule has 8 heteroatoms. The Bertz CT molecular complexity index is 747. The fourth-order valence-electron chi connectivity index (χ4n) is 2.36. The van der Waals surface area contributed by atoms with Crippen LogP contribution in [0.3, 0.4) is 0 Å². The van der Waals surface area contributed by atoms with Gasteiger partial charge in [-0.3, -0.25) is 14.9 Å². The molecule has 2 atom stereocenters. The number of amides is 1. The predicted molar refractivity (Wildman–Crippen MR) is 104 cm³/mol. The molecule has 1 amide bonds. The van der Waals surface area contributed by atoms with Gasteiger partial charge in [0.1, 0.15) is 16.0 Å². The number of rotatable bonds is 3. The summed E-state index contributed by atoms with van der Waals surface area (Å²) in [5.74, 6) is -0.504. The standard InChI is InChI=1S/C17H17BrCl2N2O3/c1-9(2)17(20)13(23)8-10(3)14(15(17)19)22-25-16(24)21-12-6-4-11(18)5-7-12/h4-9,15H,1-3H3,(H,21,24)/b22-14-/t15-,17-/m1/s1. The average Bonchev–Trinajstić information content (AvgIpc) is 2.54. The van der Waals surface area contributed by atoms with Crippen LogP contribution in [0.4, 0.5) is 10.5 Å². The van der Waals surface area contributed by atoms with E-state index in [9.17, 15) is 9.59 Å². The molecule has 0 spiro atoms. The van der Waals surface area contributed by atoms with Gasteiger partial charge in [0.25, 0.3) is 0 Å². The van der Waals surface area contributed by atoms with E-state index in [1.807, 2.05) is 0 Å². The zero-order valence-corrected chi connectivity index (χ0v) is 16.9. The summed E-state index contributed by atoms with van der Waals surface area (Å²) in [6, 6.07) is 6.96. The number of allylic oxidation sites excluding steroid dienone is 2. The van der Waals surface area contributed by atoms with E-state index in [1.165, 1.54) is 6.08 Å². The zero-order chi connectivity index (χ0) is 18.8. The van der Waals surface area contributed by atoms with Crippen LogP contribution in [0, 0.1) is 5.92 Å². The lowest BCUT2D eigenvalue weighted by molar-refractivity contribution is -0.118. The summed E-state index contributed by atoms with van der Waals surface area (Å²) in [5.41, 5.74) is 1.32. The summed E-state index contributed by atoms with van der Waals surface area (Å²) in [6.07, 6.45) is 0.605. The molecule has 5 nitrogen and oxygen atoms in total. The van der Waals surface area contributed by atoms with E-state index in [4.69, 9.17) is 28.0 Å². The van der Waals surface area contributed by atoms with Gasteiger partial charge < -0.3 is 0 Å². The number of carbonyl (C=O) groups is 2. The normalized spacial score (nSPS) is 25.1. The third-order valence-electron chi connectivity index (χ3n) is 3.90. The van der Waals surface area contributed by atoms with Gasteiger partial charge in [-0.25, -0.2) is 4.79 Å². The quantitative estimate of drug-likeness (QED) is 0.397. The third-order valence-corrected chi connectivity index (χ3v) is 5.93. The molecule has 0 saturated carbocycles. The molecule has 1 aromatic rings. The summed E-state index contributed by atoms with van der Waals surface area (Å²) in [5, 5.41) is 5.46. The molecule has 25 heavy (non-hydrogen) atoms. The molecule has 0 heterocycles. The van der Waals surface area contributed by atoms with Crippen LogP contribution in [0.25, 0.3) is 0 Å². The monoisotopic (exact) mass is 446 g/mol. The van der Waals surface area contributed by atoms with Crippen molar-refractivity contribution in [2.24, 2.45) is 11.1 Å². The third kappa shape index (κ3) is 4.25. The fraction of sp³-hybridized carbons (Fsp3) is 0.353. The maximum atomic E-state index is 12.3. The highest BCUT2D eigenvalue weighted by molar-refractivity contribution is 9.10. The Morgan fingerprint density at radius 3 is 2.52 bits per heavy atom. The van der Waals surface area contributed by atoms with Crippen molar-refractivity contribution >= 4 is 62.4 Å². The lowest BCUT2D eigenvalue weighted by Gasteiger charge is -2.36. The lowest BCUT2D eigenvalue weighted by atomic mass is 9.79. The molecule has 0 aliphatic heterocycles. The van der Waals surface area contributed by atoms with Gasteiger partial charge in [0.15, 0.2) is 5.78 Å². The van der Waals surface area contributed by atoms with Gasteiger partial charge >= 0.3 is 6.09 Å². The van der Waals surface area contributed by atoms with Gasteiger partial charge in [0.2, 0.25) is 0 Å². The van der Waals surface area contributed by atoms with Gasteiger partial charge in [-0.2, -0.15) is 0 Å². The number of hydrogen-bond acceptors (Lipinski definition) is 4. The van der Waals surface area contributed by atoms with Gasteiger partial charge in [-0.1, -0.05) is 34.9 Å². The number of ketones is 1. The van der Waals surface area contributed by atoms with E-state index in [-0.39, 0.29) is 17.4 Å². The molecule has 0 unspecified atom stereocenters. The fourth-order valence-corrected chi connectivity index (χ4v) is 3.36. The Balaban J connectivity index is 2.16. The van der Waals surface area contributed by atoms with E-state index in [1.54, 1.807) is 45.0 Å². The van der Waals surface area contributed by atoms with Crippen LogP contribution < -0.4 is 5.32 Å². The van der Waals surface area contributed by atoms with Crippen molar-refractivity contribution in [3.05, 3.63) is 40.4 Å². The summed E-state index contributed by atoms with van der Waals surface area (Å²) in [4.78, 5) is 27.7. The van der Waals surface area contributed by atoms with Crippen LogP contribution in [-0.4, -0.2) is 27.8 Å². The number of carbonyl (C=O) groups excluding carboxylic acids is 2. The molecule has 1 aliphatic carbocycles. The molecule has 2 rings (SSSR count). The van der Waals surface area contributed by atoms with Crippen LogP contribution in [0.15, 0.2) is 45.5 Å². The van der Waals surface area contributed by atoms with Crippen LogP contribution >= 0.6 is 39.1 Å².